The first kappa shape index (κ1) is 26.1. The Kier molecular flexibility index (Phi) is 7.53. The van der Waals surface area contributed by atoms with Crippen LogP contribution in [0.2, 0.25) is 0 Å². The Morgan fingerprint density at radius 3 is 1.71 bits per heavy atom. The summed E-state index contributed by atoms with van der Waals surface area (Å²) in [6, 6.07) is 17.1. The van der Waals surface area contributed by atoms with Gasteiger partial charge in [-0.15, -0.1) is 0 Å². The van der Waals surface area contributed by atoms with Gasteiger partial charge in [0, 0.05) is 36.1 Å². The highest BCUT2D eigenvalue weighted by Crippen LogP contribution is 2.40. The second-order valence-corrected chi connectivity index (χ2v) is 8.95. The number of hydrogen-bond acceptors (Lipinski definition) is 8. The standard InChI is InChI=1S/C30H26O8/c31-19-6-1-17(2-7-19)3-10-27(35)24-15-23(29(37)16-30(24)38)22-13-18(5-12-26(22)34)4-11-25(33)21-9-8-20(32)14-28(21)36/h1-2,5-9,12-16,31-32,34,36-38H,3-4,10-11H2. The summed E-state index contributed by atoms with van der Waals surface area (Å²) in [5, 5.41) is 60.1. The van der Waals surface area contributed by atoms with Crippen LogP contribution < -0.4 is 0 Å². The monoisotopic (exact) mass is 514 g/mol. The van der Waals surface area contributed by atoms with Crippen molar-refractivity contribution in [2.45, 2.75) is 25.7 Å². The van der Waals surface area contributed by atoms with Crippen LogP contribution in [0.15, 0.2) is 72.8 Å². The minimum Gasteiger partial charge on any atom is -0.508 e. The minimum atomic E-state index is -0.392. The van der Waals surface area contributed by atoms with Gasteiger partial charge in [0.15, 0.2) is 11.6 Å². The molecule has 0 heterocycles. The van der Waals surface area contributed by atoms with E-state index in [4.69, 9.17) is 0 Å². The number of carbonyl (C=O) groups is 2. The number of Topliss-reactive ketones (excluding diaryl/α,β-unsaturated/α-hetero) is 2. The summed E-state index contributed by atoms with van der Waals surface area (Å²) in [5.41, 5.74) is 1.89. The maximum absolute atomic E-state index is 12.9. The number of phenols is 6. The second-order valence-electron chi connectivity index (χ2n) is 8.95. The van der Waals surface area contributed by atoms with Gasteiger partial charge in [0.25, 0.3) is 0 Å². The molecule has 8 heteroatoms. The Labute approximate surface area is 218 Å². The Balaban J connectivity index is 1.54. The molecule has 0 aliphatic heterocycles. The molecule has 0 radical (unpaired) electrons. The number of aromatic hydroxyl groups is 6. The lowest BCUT2D eigenvalue weighted by Gasteiger charge is -2.13. The zero-order chi connectivity index (χ0) is 27.4. The number of hydrogen-bond donors (Lipinski definition) is 6. The van der Waals surface area contributed by atoms with E-state index in [-0.39, 0.29) is 81.8 Å². The average Bonchev–Trinajstić information content (AvgIpc) is 2.88. The molecule has 0 aliphatic carbocycles. The Morgan fingerprint density at radius 1 is 0.474 bits per heavy atom. The van der Waals surface area contributed by atoms with Crippen LogP contribution >= 0.6 is 0 Å². The summed E-state index contributed by atoms with van der Waals surface area (Å²) in [6.45, 7) is 0. The summed E-state index contributed by atoms with van der Waals surface area (Å²) in [6.07, 6.45) is 0.732. The lowest BCUT2D eigenvalue weighted by Crippen LogP contribution is -2.03. The van der Waals surface area contributed by atoms with Crippen molar-refractivity contribution in [3.05, 3.63) is 95.1 Å². The third-order valence-corrected chi connectivity index (χ3v) is 6.27. The molecule has 0 saturated heterocycles. The predicted octanol–water partition coefficient (Wildman–Crippen LogP) is 5.22. The summed E-state index contributed by atoms with van der Waals surface area (Å²) in [5.74, 6) is -1.97. The predicted molar refractivity (Wildman–Crippen MR) is 140 cm³/mol. The van der Waals surface area contributed by atoms with Gasteiger partial charge in [0.2, 0.25) is 0 Å². The highest BCUT2D eigenvalue weighted by Gasteiger charge is 2.19. The zero-order valence-corrected chi connectivity index (χ0v) is 20.3. The van der Waals surface area contributed by atoms with Crippen LogP contribution in [0.4, 0.5) is 0 Å². The first-order valence-corrected chi connectivity index (χ1v) is 11.9. The highest BCUT2D eigenvalue weighted by atomic mass is 16.3. The molecule has 6 N–H and O–H groups in total. The number of carbonyl (C=O) groups excluding carboxylic acids is 2. The first-order chi connectivity index (χ1) is 18.1. The van der Waals surface area contributed by atoms with Crippen molar-refractivity contribution in [1.29, 1.82) is 0 Å². The molecule has 4 aromatic carbocycles. The number of rotatable bonds is 9. The van der Waals surface area contributed by atoms with E-state index >= 15 is 0 Å². The molecule has 4 aromatic rings. The molecule has 0 atom stereocenters. The van der Waals surface area contributed by atoms with Crippen LogP contribution in [0.5, 0.6) is 34.5 Å². The number of aryl methyl sites for hydroxylation is 2. The van der Waals surface area contributed by atoms with Crippen LogP contribution in [0, 0.1) is 0 Å². The fourth-order valence-electron chi connectivity index (χ4n) is 4.17. The fourth-order valence-corrected chi connectivity index (χ4v) is 4.17. The molecule has 8 nitrogen and oxygen atoms in total. The van der Waals surface area contributed by atoms with Crippen molar-refractivity contribution >= 4 is 11.6 Å². The summed E-state index contributed by atoms with van der Waals surface area (Å²) < 4.78 is 0. The fraction of sp³-hybridized carbons (Fsp3) is 0.133. The third-order valence-electron chi connectivity index (χ3n) is 6.27. The normalized spacial score (nSPS) is 10.8. The van der Waals surface area contributed by atoms with Gasteiger partial charge in [0.1, 0.15) is 34.5 Å². The molecule has 0 saturated carbocycles. The van der Waals surface area contributed by atoms with Gasteiger partial charge in [-0.3, -0.25) is 9.59 Å². The topological polar surface area (TPSA) is 156 Å². The zero-order valence-electron chi connectivity index (χ0n) is 20.3. The Morgan fingerprint density at radius 2 is 1.03 bits per heavy atom. The summed E-state index contributed by atoms with van der Waals surface area (Å²) >= 11 is 0. The van der Waals surface area contributed by atoms with Crippen molar-refractivity contribution in [2.24, 2.45) is 0 Å². The van der Waals surface area contributed by atoms with Crippen LogP contribution in [-0.4, -0.2) is 42.2 Å². The molecule has 38 heavy (non-hydrogen) atoms. The van der Waals surface area contributed by atoms with Crippen LogP contribution in [0.1, 0.15) is 44.7 Å². The lowest BCUT2D eigenvalue weighted by atomic mass is 9.94. The summed E-state index contributed by atoms with van der Waals surface area (Å²) in [7, 11) is 0. The van der Waals surface area contributed by atoms with E-state index in [1.54, 1.807) is 24.3 Å². The molecule has 194 valence electrons. The maximum Gasteiger partial charge on any atom is 0.166 e. The number of benzene rings is 4. The maximum atomic E-state index is 12.9. The van der Waals surface area contributed by atoms with Gasteiger partial charge in [-0.1, -0.05) is 18.2 Å². The number of ketones is 2. The van der Waals surface area contributed by atoms with Crippen molar-refractivity contribution in [2.75, 3.05) is 0 Å². The van der Waals surface area contributed by atoms with Gasteiger partial charge in [-0.25, -0.2) is 0 Å². The van der Waals surface area contributed by atoms with Crippen LogP contribution in [0.25, 0.3) is 11.1 Å². The van der Waals surface area contributed by atoms with E-state index in [0.717, 1.165) is 17.7 Å². The minimum absolute atomic E-state index is 0.0145. The highest BCUT2D eigenvalue weighted by molar-refractivity contribution is 6.01. The van der Waals surface area contributed by atoms with Crippen molar-refractivity contribution in [3.63, 3.8) is 0 Å². The van der Waals surface area contributed by atoms with E-state index in [0.29, 0.717) is 12.0 Å². The second kappa shape index (κ2) is 11.0. The van der Waals surface area contributed by atoms with E-state index in [9.17, 15) is 40.2 Å². The van der Waals surface area contributed by atoms with E-state index < -0.39 is 5.75 Å². The van der Waals surface area contributed by atoms with Crippen molar-refractivity contribution in [3.8, 4) is 45.6 Å². The molecular weight excluding hydrogens is 488 g/mol. The van der Waals surface area contributed by atoms with Crippen molar-refractivity contribution < 1.29 is 40.2 Å². The third kappa shape index (κ3) is 5.87. The van der Waals surface area contributed by atoms with E-state index in [1.165, 1.54) is 36.4 Å². The smallest absolute Gasteiger partial charge is 0.166 e. The molecule has 0 spiro atoms. The Hall–Kier alpha value is -4.98. The molecule has 0 aromatic heterocycles. The summed E-state index contributed by atoms with van der Waals surface area (Å²) in [4.78, 5) is 25.4. The van der Waals surface area contributed by atoms with Gasteiger partial charge < -0.3 is 30.6 Å². The largest absolute Gasteiger partial charge is 0.508 e. The molecular formula is C30H26O8. The molecule has 0 fully saturated rings. The quantitative estimate of drug-likeness (QED) is 0.166. The molecule has 0 amide bonds. The lowest BCUT2D eigenvalue weighted by molar-refractivity contribution is 0.0971. The van der Waals surface area contributed by atoms with Crippen LogP contribution in [0.3, 0.4) is 0 Å². The van der Waals surface area contributed by atoms with Gasteiger partial charge in [-0.05, 0) is 66.4 Å². The Bertz CT molecular complexity index is 1510. The molecule has 4 rings (SSSR count). The average molecular weight is 515 g/mol. The van der Waals surface area contributed by atoms with Gasteiger partial charge in [0.05, 0.1) is 11.1 Å². The number of phenolic OH excluding ortho intramolecular Hbond substituents is 6. The van der Waals surface area contributed by atoms with Crippen molar-refractivity contribution in [1.82, 2.24) is 0 Å². The van der Waals surface area contributed by atoms with Crippen LogP contribution in [-0.2, 0) is 12.8 Å². The molecule has 0 unspecified atom stereocenters. The van der Waals surface area contributed by atoms with Gasteiger partial charge >= 0.3 is 0 Å². The first-order valence-electron chi connectivity index (χ1n) is 11.9. The molecule has 0 bridgehead atoms. The molecule has 0 aliphatic rings. The van der Waals surface area contributed by atoms with Gasteiger partial charge in [-0.2, -0.15) is 0 Å². The van der Waals surface area contributed by atoms with E-state index in [2.05, 4.69) is 0 Å². The van der Waals surface area contributed by atoms with E-state index in [1.807, 2.05) is 0 Å². The SMILES string of the molecule is O=C(CCc1ccc(O)c(-c2cc(C(=O)CCc3ccc(O)cc3)c(O)cc2O)c1)c1ccc(O)cc1O.